The Balaban J connectivity index is 1.50. The highest BCUT2D eigenvalue weighted by Crippen LogP contribution is 2.39. The summed E-state index contributed by atoms with van der Waals surface area (Å²) in [6.45, 7) is 1.77. The van der Waals surface area contributed by atoms with E-state index in [2.05, 4.69) is 20.4 Å². The standard InChI is InChI=1S/C30H28F9N7O/c1-3-26(45-16-24(17-45)47-23-5-4-8-40-13-23)25-7-6-20(28(31,32)33)11-19(25)15-46(27-41-43-44(2)42-27)14-18-9-21(29(34,35)36)12-22(10-18)30(37,38)39/h4-13,24,26H,3,14-17H2,1-2H3. The molecule has 0 saturated carbocycles. The quantitative estimate of drug-likeness (QED) is 0.167. The monoisotopic (exact) mass is 673 g/mol. The third kappa shape index (κ3) is 8.12. The average Bonchev–Trinajstić information content (AvgIpc) is 3.41. The van der Waals surface area contributed by atoms with Gasteiger partial charge in [-0.05, 0) is 70.8 Å². The van der Waals surface area contributed by atoms with Gasteiger partial charge in [0.15, 0.2) is 0 Å². The van der Waals surface area contributed by atoms with Crippen LogP contribution in [0.5, 0.6) is 5.75 Å². The number of hydrogen-bond donors (Lipinski definition) is 0. The minimum atomic E-state index is -5.09. The van der Waals surface area contributed by atoms with E-state index in [0.29, 0.717) is 43.0 Å². The number of nitrogens with zero attached hydrogens (tertiary/aromatic N) is 7. The van der Waals surface area contributed by atoms with Crippen LogP contribution in [0.4, 0.5) is 45.5 Å². The van der Waals surface area contributed by atoms with E-state index in [4.69, 9.17) is 4.74 Å². The topological polar surface area (TPSA) is 72.2 Å². The predicted molar refractivity (Wildman–Crippen MR) is 150 cm³/mol. The Kier molecular flexibility index (Phi) is 9.39. The first-order chi connectivity index (χ1) is 22.0. The molecule has 0 radical (unpaired) electrons. The Labute approximate surface area is 262 Å². The molecule has 47 heavy (non-hydrogen) atoms. The molecule has 0 aliphatic carbocycles. The van der Waals surface area contributed by atoms with Gasteiger partial charge < -0.3 is 9.64 Å². The van der Waals surface area contributed by atoms with Crippen LogP contribution in [-0.2, 0) is 38.7 Å². The number of halogens is 9. The van der Waals surface area contributed by atoms with Gasteiger partial charge >= 0.3 is 18.5 Å². The largest absolute Gasteiger partial charge is 0.486 e. The number of pyridine rings is 1. The van der Waals surface area contributed by atoms with E-state index in [1.165, 1.54) is 18.0 Å². The fourth-order valence-electron chi connectivity index (χ4n) is 5.46. The van der Waals surface area contributed by atoms with Crippen LogP contribution >= 0.6 is 0 Å². The van der Waals surface area contributed by atoms with Crippen molar-refractivity contribution in [1.29, 1.82) is 0 Å². The number of hydrogen-bond acceptors (Lipinski definition) is 7. The lowest BCUT2D eigenvalue weighted by atomic mass is 9.92. The lowest BCUT2D eigenvalue weighted by Gasteiger charge is -2.44. The Morgan fingerprint density at radius 2 is 1.53 bits per heavy atom. The maximum atomic E-state index is 13.9. The summed E-state index contributed by atoms with van der Waals surface area (Å²) < 4.78 is 129. The molecule has 1 aliphatic rings. The van der Waals surface area contributed by atoms with Gasteiger partial charge in [-0.25, -0.2) is 0 Å². The molecule has 17 heteroatoms. The van der Waals surface area contributed by atoms with Crippen LogP contribution in [0, 0.1) is 0 Å². The first kappa shape index (κ1) is 33.9. The van der Waals surface area contributed by atoms with Crippen molar-refractivity contribution in [1.82, 2.24) is 30.1 Å². The van der Waals surface area contributed by atoms with Crippen molar-refractivity contribution in [2.24, 2.45) is 7.05 Å². The van der Waals surface area contributed by atoms with Crippen molar-refractivity contribution in [2.45, 2.75) is 57.1 Å². The summed E-state index contributed by atoms with van der Waals surface area (Å²) in [5.74, 6) is 0.361. The zero-order valence-electron chi connectivity index (χ0n) is 24.9. The zero-order valence-corrected chi connectivity index (χ0v) is 24.9. The molecule has 2 aromatic heterocycles. The van der Waals surface area contributed by atoms with Gasteiger partial charge in [0.25, 0.3) is 5.95 Å². The van der Waals surface area contributed by atoms with Gasteiger partial charge in [-0.2, -0.15) is 44.3 Å². The summed E-state index contributed by atoms with van der Waals surface area (Å²) >= 11 is 0. The number of ether oxygens (including phenoxy) is 1. The fourth-order valence-corrected chi connectivity index (χ4v) is 5.46. The van der Waals surface area contributed by atoms with Crippen molar-refractivity contribution in [3.63, 3.8) is 0 Å². The molecule has 1 unspecified atom stereocenters. The highest BCUT2D eigenvalue weighted by molar-refractivity contribution is 5.42. The summed E-state index contributed by atoms with van der Waals surface area (Å²) in [5.41, 5.74) is -3.80. The number of aryl methyl sites for hydroxylation is 1. The number of rotatable bonds is 10. The van der Waals surface area contributed by atoms with Gasteiger partial charge in [0, 0.05) is 38.4 Å². The first-order valence-corrected chi connectivity index (χ1v) is 14.3. The van der Waals surface area contributed by atoms with Crippen molar-refractivity contribution < 1.29 is 44.3 Å². The molecule has 252 valence electrons. The maximum absolute atomic E-state index is 13.9. The molecule has 1 atom stereocenters. The van der Waals surface area contributed by atoms with E-state index in [1.54, 1.807) is 24.5 Å². The molecule has 1 fully saturated rings. The van der Waals surface area contributed by atoms with E-state index in [1.807, 2.05) is 11.8 Å². The number of aromatic nitrogens is 5. The Bertz CT molecular complexity index is 1630. The highest BCUT2D eigenvalue weighted by Gasteiger charge is 2.39. The molecule has 8 nitrogen and oxygen atoms in total. The van der Waals surface area contributed by atoms with Gasteiger partial charge in [0.05, 0.1) is 29.9 Å². The Morgan fingerprint density at radius 1 is 0.872 bits per heavy atom. The van der Waals surface area contributed by atoms with E-state index >= 15 is 0 Å². The number of benzene rings is 2. The Morgan fingerprint density at radius 3 is 2.06 bits per heavy atom. The van der Waals surface area contributed by atoms with Gasteiger partial charge in [-0.1, -0.05) is 18.1 Å². The second kappa shape index (κ2) is 13.0. The molecule has 0 bridgehead atoms. The second-order valence-corrected chi connectivity index (χ2v) is 11.1. The van der Waals surface area contributed by atoms with Crippen LogP contribution in [0.2, 0.25) is 0 Å². The van der Waals surface area contributed by atoms with Gasteiger partial charge in [-0.15, -0.1) is 5.10 Å². The van der Waals surface area contributed by atoms with Crippen LogP contribution in [0.15, 0.2) is 60.9 Å². The fraction of sp³-hybridized carbons (Fsp3) is 0.400. The smallest absolute Gasteiger partial charge is 0.416 e. The molecule has 1 saturated heterocycles. The van der Waals surface area contributed by atoms with E-state index in [-0.39, 0.29) is 36.3 Å². The molecule has 5 rings (SSSR count). The molecule has 1 aliphatic heterocycles. The SMILES string of the molecule is CCC(c1ccc(C(F)(F)F)cc1CN(Cc1cc(C(F)(F)F)cc(C(F)(F)F)c1)c1nnn(C)n1)N1CC(Oc2cccnc2)C1. The van der Waals surface area contributed by atoms with Crippen LogP contribution in [0.3, 0.4) is 0 Å². The third-order valence-electron chi connectivity index (χ3n) is 7.63. The molecule has 0 spiro atoms. The molecule has 0 N–H and O–H groups in total. The molecular formula is C30H28F9N7O. The third-order valence-corrected chi connectivity index (χ3v) is 7.63. The summed E-state index contributed by atoms with van der Waals surface area (Å²) in [5, 5.41) is 11.6. The van der Waals surface area contributed by atoms with Gasteiger partial charge in [0.1, 0.15) is 11.9 Å². The van der Waals surface area contributed by atoms with Crippen molar-refractivity contribution in [3.05, 3.63) is 94.3 Å². The number of anilines is 1. The maximum Gasteiger partial charge on any atom is 0.416 e. The molecule has 4 aromatic rings. The minimum absolute atomic E-state index is 0.00349. The first-order valence-electron chi connectivity index (χ1n) is 14.3. The number of tetrazole rings is 1. The van der Waals surface area contributed by atoms with Crippen molar-refractivity contribution in [3.8, 4) is 5.75 Å². The van der Waals surface area contributed by atoms with E-state index in [0.717, 1.165) is 16.9 Å². The minimum Gasteiger partial charge on any atom is -0.486 e. The normalized spacial score (nSPS) is 15.4. The van der Waals surface area contributed by atoms with Crippen molar-refractivity contribution >= 4 is 5.95 Å². The van der Waals surface area contributed by atoms with Crippen LogP contribution < -0.4 is 9.64 Å². The zero-order chi connectivity index (χ0) is 34.1. The lowest BCUT2D eigenvalue weighted by Crippen LogP contribution is -2.55. The van der Waals surface area contributed by atoms with Gasteiger partial charge in [0.2, 0.25) is 0 Å². The second-order valence-electron chi connectivity index (χ2n) is 11.1. The van der Waals surface area contributed by atoms with Crippen LogP contribution in [0.25, 0.3) is 0 Å². The van der Waals surface area contributed by atoms with Crippen LogP contribution in [0.1, 0.15) is 52.8 Å². The van der Waals surface area contributed by atoms with E-state index < -0.39 is 47.3 Å². The summed E-state index contributed by atoms with van der Waals surface area (Å²) in [4.78, 5) is 8.23. The molecule has 2 aromatic carbocycles. The molecule has 0 amide bonds. The van der Waals surface area contributed by atoms with Gasteiger partial charge in [-0.3, -0.25) is 9.88 Å². The van der Waals surface area contributed by atoms with Crippen LogP contribution in [-0.4, -0.2) is 49.3 Å². The molecule has 3 heterocycles. The van der Waals surface area contributed by atoms with Crippen molar-refractivity contribution in [2.75, 3.05) is 18.0 Å². The number of alkyl halides is 9. The number of likely N-dealkylation sites (tertiary alicyclic amines) is 1. The predicted octanol–water partition coefficient (Wildman–Crippen LogP) is 7.08. The molecular weight excluding hydrogens is 645 g/mol. The highest BCUT2D eigenvalue weighted by atomic mass is 19.4. The Hall–Kier alpha value is -4.41. The average molecular weight is 674 g/mol. The summed E-state index contributed by atoms with van der Waals surface area (Å²) in [6, 6.07) is 7.42. The summed E-state index contributed by atoms with van der Waals surface area (Å²) in [6.07, 6.45) is -11.5. The summed E-state index contributed by atoms with van der Waals surface area (Å²) in [7, 11) is 1.39. The van der Waals surface area contributed by atoms with E-state index in [9.17, 15) is 39.5 Å². The lowest BCUT2D eigenvalue weighted by molar-refractivity contribution is -0.143.